The predicted molar refractivity (Wildman–Crippen MR) is 132 cm³/mol. The van der Waals surface area contributed by atoms with Crippen LogP contribution in [-0.2, 0) is 30.2 Å². The Bertz CT molecular complexity index is 1130. The van der Waals surface area contributed by atoms with Crippen molar-refractivity contribution in [2.24, 2.45) is 0 Å². The van der Waals surface area contributed by atoms with Crippen LogP contribution < -0.4 is 10.6 Å². The number of hydrogen-bond donors (Lipinski definition) is 2. The third kappa shape index (κ3) is 6.31. The van der Waals surface area contributed by atoms with Crippen molar-refractivity contribution in [3.8, 4) is 0 Å². The van der Waals surface area contributed by atoms with Gasteiger partial charge in [-0.25, -0.2) is 0 Å². The molecule has 3 aromatic rings. The van der Waals surface area contributed by atoms with E-state index in [0.29, 0.717) is 12.8 Å². The Kier molecular flexibility index (Phi) is 7.91. The highest BCUT2D eigenvalue weighted by Crippen LogP contribution is 2.31. The number of rotatable bonds is 8. The van der Waals surface area contributed by atoms with Crippen molar-refractivity contribution < 1.29 is 18.0 Å². The molecule has 3 nitrogen and oxygen atoms in total. The summed E-state index contributed by atoms with van der Waals surface area (Å²) >= 11 is 0. The van der Waals surface area contributed by atoms with Crippen LogP contribution in [0.3, 0.4) is 0 Å². The highest BCUT2D eigenvalue weighted by atomic mass is 19.4. The minimum Gasteiger partial charge on any atom is -0.358 e. The maximum absolute atomic E-state index is 13.0. The number of alkyl halides is 3. The average molecular weight is 481 g/mol. The van der Waals surface area contributed by atoms with E-state index in [2.05, 4.69) is 28.8 Å². The predicted octanol–water partition coefficient (Wildman–Crippen LogP) is 6.34. The molecule has 3 aromatic carbocycles. The molecule has 0 bridgehead atoms. The maximum atomic E-state index is 13.0. The van der Waals surface area contributed by atoms with Gasteiger partial charge in [0.1, 0.15) is 6.04 Å². The van der Waals surface area contributed by atoms with Gasteiger partial charge in [-0.05, 0) is 78.5 Å². The second-order valence-electron chi connectivity index (χ2n) is 9.15. The molecule has 1 amide bonds. The molecular formula is C29H31F3N2O. The SMILES string of the molecule is CNC(=O)C(NC(CCc1ccc(C(F)(F)F)cc1)c1ccc2c(c1)CCCC2)c1ccccc1. The second-order valence-corrected chi connectivity index (χ2v) is 9.15. The fourth-order valence-corrected chi connectivity index (χ4v) is 4.80. The lowest BCUT2D eigenvalue weighted by molar-refractivity contribution is -0.137. The van der Waals surface area contributed by atoms with Gasteiger partial charge in [-0.1, -0.05) is 60.7 Å². The van der Waals surface area contributed by atoms with Crippen LogP contribution in [0.2, 0.25) is 0 Å². The van der Waals surface area contributed by atoms with E-state index >= 15 is 0 Å². The fourth-order valence-electron chi connectivity index (χ4n) is 4.80. The van der Waals surface area contributed by atoms with Gasteiger partial charge in [0.25, 0.3) is 0 Å². The summed E-state index contributed by atoms with van der Waals surface area (Å²) in [5.41, 5.74) is 4.89. The average Bonchev–Trinajstić information content (AvgIpc) is 2.88. The zero-order chi connectivity index (χ0) is 24.8. The quantitative estimate of drug-likeness (QED) is 0.395. The lowest BCUT2D eigenvalue weighted by Gasteiger charge is -2.27. The monoisotopic (exact) mass is 480 g/mol. The van der Waals surface area contributed by atoms with Crippen LogP contribution in [0, 0.1) is 0 Å². The third-order valence-corrected chi connectivity index (χ3v) is 6.79. The van der Waals surface area contributed by atoms with Crippen LogP contribution in [0.15, 0.2) is 72.8 Å². The zero-order valence-electron chi connectivity index (χ0n) is 19.9. The molecule has 2 atom stereocenters. The van der Waals surface area contributed by atoms with E-state index < -0.39 is 17.8 Å². The summed E-state index contributed by atoms with van der Waals surface area (Å²) < 4.78 is 38.9. The van der Waals surface area contributed by atoms with Crippen molar-refractivity contribution in [3.63, 3.8) is 0 Å². The van der Waals surface area contributed by atoms with Gasteiger partial charge in [-0.3, -0.25) is 10.1 Å². The number of aryl methyl sites for hydroxylation is 3. The third-order valence-electron chi connectivity index (χ3n) is 6.79. The fraction of sp³-hybridized carbons (Fsp3) is 0.345. The van der Waals surface area contributed by atoms with Crippen molar-refractivity contribution in [2.75, 3.05) is 7.05 Å². The Hall–Kier alpha value is -3.12. The van der Waals surface area contributed by atoms with E-state index in [0.717, 1.165) is 41.7 Å². The van der Waals surface area contributed by atoms with E-state index in [9.17, 15) is 18.0 Å². The van der Waals surface area contributed by atoms with Crippen LogP contribution in [0.4, 0.5) is 13.2 Å². The molecule has 35 heavy (non-hydrogen) atoms. The summed E-state index contributed by atoms with van der Waals surface area (Å²) in [4.78, 5) is 12.8. The van der Waals surface area contributed by atoms with Crippen LogP contribution in [0.5, 0.6) is 0 Å². The van der Waals surface area contributed by atoms with Crippen LogP contribution in [0.25, 0.3) is 0 Å². The molecule has 2 unspecified atom stereocenters. The summed E-state index contributed by atoms with van der Waals surface area (Å²) in [5.74, 6) is -0.131. The highest BCUT2D eigenvalue weighted by Gasteiger charge is 2.30. The number of carbonyl (C=O) groups is 1. The Morgan fingerprint density at radius 3 is 2.23 bits per heavy atom. The number of carbonyl (C=O) groups excluding carboxylic acids is 1. The van der Waals surface area contributed by atoms with Gasteiger partial charge in [0.15, 0.2) is 0 Å². The first-order valence-corrected chi connectivity index (χ1v) is 12.2. The molecule has 0 radical (unpaired) electrons. The summed E-state index contributed by atoms with van der Waals surface area (Å²) in [6.07, 6.45) is 1.39. The van der Waals surface area contributed by atoms with Gasteiger partial charge >= 0.3 is 6.18 Å². The number of hydrogen-bond acceptors (Lipinski definition) is 2. The Morgan fingerprint density at radius 1 is 0.886 bits per heavy atom. The van der Waals surface area contributed by atoms with E-state index in [-0.39, 0.29) is 11.9 Å². The van der Waals surface area contributed by atoms with Crippen molar-refractivity contribution in [1.29, 1.82) is 0 Å². The smallest absolute Gasteiger partial charge is 0.358 e. The first-order valence-electron chi connectivity index (χ1n) is 12.2. The van der Waals surface area contributed by atoms with Gasteiger partial charge in [-0.15, -0.1) is 0 Å². The minimum absolute atomic E-state index is 0.131. The largest absolute Gasteiger partial charge is 0.416 e. The van der Waals surface area contributed by atoms with Crippen LogP contribution in [0.1, 0.15) is 64.7 Å². The first-order chi connectivity index (χ1) is 16.8. The molecule has 0 saturated carbocycles. The van der Waals surface area contributed by atoms with Crippen LogP contribution >= 0.6 is 0 Å². The molecule has 184 valence electrons. The van der Waals surface area contributed by atoms with E-state index in [1.807, 2.05) is 30.3 Å². The lowest BCUT2D eigenvalue weighted by Crippen LogP contribution is -2.38. The molecule has 4 rings (SSSR count). The summed E-state index contributed by atoms with van der Waals surface area (Å²) in [7, 11) is 1.62. The summed E-state index contributed by atoms with van der Waals surface area (Å²) in [6, 6.07) is 20.8. The topological polar surface area (TPSA) is 41.1 Å². The van der Waals surface area contributed by atoms with Gasteiger partial charge in [0.2, 0.25) is 5.91 Å². The van der Waals surface area contributed by atoms with Gasteiger partial charge < -0.3 is 5.32 Å². The maximum Gasteiger partial charge on any atom is 0.416 e. The van der Waals surface area contributed by atoms with E-state index in [4.69, 9.17) is 0 Å². The van der Waals surface area contributed by atoms with Crippen molar-refractivity contribution in [3.05, 3.63) is 106 Å². The zero-order valence-corrected chi connectivity index (χ0v) is 19.9. The van der Waals surface area contributed by atoms with Gasteiger partial charge in [0.05, 0.1) is 5.56 Å². The van der Waals surface area contributed by atoms with Crippen molar-refractivity contribution in [1.82, 2.24) is 10.6 Å². The Labute approximate surface area is 204 Å². The van der Waals surface area contributed by atoms with Gasteiger partial charge in [-0.2, -0.15) is 13.2 Å². The standard InChI is InChI=1S/C29H31F3N2O/c1-33-28(35)27(22-8-3-2-4-9-22)34-26(24-15-14-21-7-5-6-10-23(21)19-24)18-13-20-11-16-25(17-12-20)29(30,31)32/h2-4,8-9,11-12,14-17,19,26-27,34H,5-7,10,13,18H2,1H3,(H,33,35). The van der Waals surface area contributed by atoms with E-state index in [1.54, 1.807) is 19.2 Å². The number of likely N-dealkylation sites (N-methyl/N-ethyl adjacent to an activating group) is 1. The van der Waals surface area contributed by atoms with Crippen molar-refractivity contribution in [2.45, 2.75) is 56.8 Å². The van der Waals surface area contributed by atoms with Crippen molar-refractivity contribution >= 4 is 5.91 Å². The van der Waals surface area contributed by atoms with E-state index in [1.165, 1.54) is 24.0 Å². The minimum atomic E-state index is -4.35. The molecule has 0 spiro atoms. The number of fused-ring (bicyclic) bond motifs is 1. The Morgan fingerprint density at radius 2 is 1.57 bits per heavy atom. The number of amides is 1. The van der Waals surface area contributed by atoms with Crippen LogP contribution in [-0.4, -0.2) is 13.0 Å². The number of nitrogens with one attached hydrogen (secondary N) is 2. The summed E-state index contributed by atoms with van der Waals surface area (Å²) in [6.45, 7) is 0. The van der Waals surface area contributed by atoms with Gasteiger partial charge in [0, 0.05) is 13.1 Å². The lowest BCUT2D eigenvalue weighted by atomic mass is 9.87. The molecule has 0 heterocycles. The molecule has 1 aliphatic carbocycles. The molecule has 0 aromatic heterocycles. The molecular weight excluding hydrogens is 449 g/mol. The molecule has 6 heteroatoms. The molecule has 0 fully saturated rings. The summed E-state index contributed by atoms with van der Waals surface area (Å²) in [5, 5.41) is 6.31. The molecule has 1 aliphatic rings. The molecule has 0 saturated heterocycles. The first kappa shape index (κ1) is 25.0. The normalized spacial score (nSPS) is 15.2. The second kappa shape index (κ2) is 11.1. The molecule has 2 N–H and O–H groups in total. The Balaban J connectivity index is 1.60. The number of halogens is 3. The number of benzene rings is 3. The highest BCUT2D eigenvalue weighted by molar-refractivity contribution is 5.83. The molecule has 0 aliphatic heterocycles.